The van der Waals surface area contributed by atoms with Crippen molar-refractivity contribution >= 4 is 0 Å². The molecule has 2 rings (SSSR count). The van der Waals surface area contributed by atoms with Crippen LogP contribution in [0.5, 0.6) is 0 Å². The number of ether oxygens (including phenoxy) is 1. The summed E-state index contributed by atoms with van der Waals surface area (Å²) in [5.41, 5.74) is 0. The number of hydrogen-bond donors (Lipinski definition) is 1. The summed E-state index contributed by atoms with van der Waals surface area (Å²) in [7, 11) is 2.13. The first-order valence-electron chi connectivity index (χ1n) is 7.43. The molecule has 1 aliphatic heterocycles. The summed E-state index contributed by atoms with van der Waals surface area (Å²) < 4.78 is 5.84. The Labute approximate surface area is 111 Å². The van der Waals surface area contributed by atoms with Gasteiger partial charge in [0.25, 0.3) is 0 Å². The van der Waals surface area contributed by atoms with Gasteiger partial charge in [-0.3, -0.25) is 9.80 Å². The Bertz CT molecular complexity index is 250. The Balaban J connectivity index is 1.80. The fraction of sp³-hybridized carbons (Fsp3) is 1.00. The van der Waals surface area contributed by atoms with Gasteiger partial charge in [0.05, 0.1) is 18.8 Å². The zero-order valence-electron chi connectivity index (χ0n) is 11.8. The lowest BCUT2D eigenvalue weighted by Crippen LogP contribution is -2.51. The first kappa shape index (κ1) is 14.3. The van der Waals surface area contributed by atoms with Crippen LogP contribution >= 0.6 is 0 Å². The first-order chi connectivity index (χ1) is 8.70. The van der Waals surface area contributed by atoms with Gasteiger partial charge in [0.15, 0.2) is 0 Å². The Hall–Kier alpha value is -0.160. The average molecular weight is 256 g/mol. The number of nitrogens with zero attached hydrogens (tertiary/aromatic N) is 2. The van der Waals surface area contributed by atoms with Crippen molar-refractivity contribution in [2.24, 2.45) is 0 Å². The van der Waals surface area contributed by atoms with Gasteiger partial charge in [0, 0.05) is 25.7 Å². The molecule has 1 heterocycles. The van der Waals surface area contributed by atoms with Crippen LogP contribution in [0.2, 0.25) is 0 Å². The molecule has 1 saturated heterocycles. The normalized spacial score (nSPS) is 35.0. The van der Waals surface area contributed by atoms with Crippen molar-refractivity contribution in [2.45, 2.75) is 50.9 Å². The Morgan fingerprint density at radius 3 is 2.83 bits per heavy atom. The smallest absolute Gasteiger partial charge is 0.0829 e. The minimum Gasteiger partial charge on any atom is -0.391 e. The van der Waals surface area contributed by atoms with E-state index < -0.39 is 0 Å². The highest BCUT2D eigenvalue weighted by Gasteiger charge is 2.29. The lowest BCUT2D eigenvalue weighted by atomic mass is 9.91. The monoisotopic (exact) mass is 256 g/mol. The van der Waals surface area contributed by atoms with Crippen LogP contribution in [0.25, 0.3) is 0 Å². The molecule has 1 N–H and O–H groups in total. The number of morpholine rings is 1. The van der Waals surface area contributed by atoms with Gasteiger partial charge in [-0.25, -0.2) is 0 Å². The van der Waals surface area contributed by atoms with Crippen LogP contribution in [-0.4, -0.2) is 73.0 Å². The van der Waals surface area contributed by atoms with Crippen molar-refractivity contribution in [2.75, 3.05) is 39.8 Å². The van der Waals surface area contributed by atoms with Gasteiger partial charge in [0.1, 0.15) is 0 Å². The molecule has 2 fully saturated rings. The molecule has 3 atom stereocenters. The molecular formula is C14H28N2O2. The standard InChI is InChI=1S/C14H28N2O2/c1-3-16-8-9-18-12(11-16)10-15(2)13-6-4-5-7-14(13)17/h12-14,17H,3-11H2,1-2H3. The molecule has 106 valence electrons. The molecule has 1 aliphatic carbocycles. The van der Waals surface area contributed by atoms with Crippen molar-refractivity contribution in [3.8, 4) is 0 Å². The fourth-order valence-corrected chi connectivity index (χ4v) is 3.24. The highest BCUT2D eigenvalue weighted by atomic mass is 16.5. The lowest BCUT2D eigenvalue weighted by Gasteiger charge is -2.39. The summed E-state index contributed by atoms with van der Waals surface area (Å²) in [6.45, 7) is 7.19. The second-order valence-electron chi connectivity index (χ2n) is 5.74. The predicted molar refractivity (Wildman–Crippen MR) is 72.7 cm³/mol. The summed E-state index contributed by atoms with van der Waals surface area (Å²) in [5.74, 6) is 0. The highest BCUT2D eigenvalue weighted by molar-refractivity contribution is 4.84. The van der Waals surface area contributed by atoms with Crippen LogP contribution in [0.4, 0.5) is 0 Å². The molecule has 3 unspecified atom stereocenters. The maximum atomic E-state index is 10.1. The maximum Gasteiger partial charge on any atom is 0.0829 e. The molecule has 4 heteroatoms. The van der Waals surface area contributed by atoms with Gasteiger partial charge in [0.2, 0.25) is 0 Å². The van der Waals surface area contributed by atoms with E-state index in [4.69, 9.17) is 4.74 Å². The molecule has 1 saturated carbocycles. The second-order valence-corrected chi connectivity index (χ2v) is 5.74. The van der Waals surface area contributed by atoms with Crippen molar-refractivity contribution in [3.63, 3.8) is 0 Å². The molecule has 0 aromatic rings. The molecule has 0 radical (unpaired) electrons. The van der Waals surface area contributed by atoms with E-state index in [9.17, 15) is 5.11 Å². The Kier molecular flexibility index (Phi) is 5.42. The van der Waals surface area contributed by atoms with E-state index in [-0.39, 0.29) is 6.10 Å². The van der Waals surface area contributed by atoms with Crippen molar-refractivity contribution < 1.29 is 9.84 Å². The minimum atomic E-state index is -0.144. The summed E-state index contributed by atoms with van der Waals surface area (Å²) in [6, 6.07) is 0.333. The summed E-state index contributed by atoms with van der Waals surface area (Å²) in [5, 5.41) is 10.1. The van der Waals surface area contributed by atoms with Crippen LogP contribution < -0.4 is 0 Å². The summed E-state index contributed by atoms with van der Waals surface area (Å²) in [4.78, 5) is 4.76. The van der Waals surface area contributed by atoms with Crippen molar-refractivity contribution in [1.29, 1.82) is 0 Å². The van der Waals surface area contributed by atoms with Gasteiger partial charge in [-0.15, -0.1) is 0 Å². The molecule has 0 amide bonds. The molecule has 0 aromatic carbocycles. The molecule has 18 heavy (non-hydrogen) atoms. The molecule has 0 bridgehead atoms. The minimum absolute atomic E-state index is 0.144. The molecule has 0 aromatic heterocycles. The summed E-state index contributed by atoms with van der Waals surface area (Å²) >= 11 is 0. The van der Waals surface area contributed by atoms with E-state index in [1.165, 1.54) is 12.8 Å². The van der Waals surface area contributed by atoms with Crippen LogP contribution in [0.15, 0.2) is 0 Å². The zero-order valence-corrected chi connectivity index (χ0v) is 11.8. The highest BCUT2D eigenvalue weighted by Crippen LogP contribution is 2.23. The number of hydrogen-bond acceptors (Lipinski definition) is 4. The SMILES string of the molecule is CCN1CCOC(CN(C)C2CCCCC2O)C1. The third kappa shape index (κ3) is 3.67. The van der Waals surface area contributed by atoms with Crippen molar-refractivity contribution in [1.82, 2.24) is 9.80 Å². The van der Waals surface area contributed by atoms with E-state index in [2.05, 4.69) is 23.8 Å². The maximum absolute atomic E-state index is 10.1. The quantitative estimate of drug-likeness (QED) is 0.812. The number of rotatable bonds is 4. The number of likely N-dealkylation sites (N-methyl/N-ethyl adjacent to an activating group) is 2. The number of aliphatic hydroxyl groups excluding tert-OH is 1. The zero-order chi connectivity index (χ0) is 13.0. The third-order valence-corrected chi connectivity index (χ3v) is 4.42. The molecule has 4 nitrogen and oxygen atoms in total. The van der Waals surface area contributed by atoms with E-state index in [1.807, 2.05) is 0 Å². The van der Waals surface area contributed by atoms with Crippen LogP contribution in [0, 0.1) is 0 Å². The van der Waals surface area contributed by atoms with Gasteiger partial charge in [-0.2, -0.15) is 0 Å². The van der Waals surface area contributed by atoms with Crippen LogP contribution in [0.3, 0.4) is 0 Å². The van der Waals surface area contributed by atoms with E-state index in [0.717, 1.165) is 45.6 Å². The Morgan fingerprint density at radius 1 is 1.33 bits per heavy atom. The molecule has 2 aliphatic rings. The number of aliphatic hydroxyl groups is 1. The topological polar surface area (TPSA) is 35.9 Å². The molecule has 0 spiro atoms. The second kappa shape index (κ2) is 6.85. The Morgan fingerprint density at radius 2 is 2.11 bits per heavy atom. The van der Waals surface area contributed by atoms with Crippen LogP contribution in [0.1, 0.15) is 32.6 Å². The first-order valence-corrected chi connectivity index (χ1v) is 7.43. The van der Waals surface area contributed by atoms with E-state index >= 15 is 0 Å². The van der Waals surface area contributed by atoms with Gasteiger partial charge >= 0.3 is 0 Å². The van der Waals surface area contributed by atoms with E-state index in [0.29, 0.717) is 12.1 Å². The summed E-state index contributed by atoms with van der Waals surface area (Å²) in [6.07, 6.45) is 4.67. The fourth-order valence-electron chi connectivity index (χ4n) is 3.24. The van der Waals surface area contributed by atoms with Crippen LogP contribution in [-0.2, 0) is 4.74 Å². The van der Waals surface area contributed by atoms with Gasteiger partial charge in [-0.05, 0) is 26.4 Å². The van der Waals surface area contributed by atoms with Gasteiger partial charge in [-0.1, -0.05) is 19.8 Å². The average Bonchev–Trinajstić information content (AvgIpc) is 2.39. The van der Waals surface area contributed by atoms with E-state index in [1.54, 1.807) is 0 Å². The van der Waals surface area contributed by atoms with Gasteiger partial charge < -0.3 is 9.84 Å². The largest absolute Gasteiger partial charge is 0.391 e. The predicted octanol–water partition coefficient (Wildman–Crippen LogP) is 0.942. The molecular weight excluding hydrogens is 228 g/mol. The lowest BCUT2D eigenvalue weighted by molar-refractivity contribution is -0.0562. The third-order valence-electron chi connectivity index (χ3n) is 4.42. The van der Waals surface area contributed by atoms with Crippen molar-refractivity contribution in [3.05, 3.63) is 0 Å².